The highest BCUT2D eigenvalue weighted by molar-refractivity contribution is 9.11. The van der Waals surface area contributed by atoms with Gasteiger partial charge < -0.3 is 9.05 Å². The van der Waals surface area contributed by atoms with E-state index in [1.165, 1.54) is 0 Å². The number of rotatable bonds is 3. The molecule has 0 aromatic heterocycles. The van der Waals surface area contributed by atoms with Gasteiger partial charge in [0.1, 0.15) is 0 Å². The van der Waals surface area contributed by atoms with Crippen LogP contribution in [0.25, 0.3) is 0 Å². The monoisotopic (exact) mass is 238 g/mol. The zero-order valence-corrected chi connectivity index (χ0v) is 7.79. The summed E-state index contributed by atoms with van der Waals surface area (Å²) >= 11 is 1.88. The molecule has 0 aromatic rings. The minimum atomic E-state index is -4.28. The van der Waals surface area contributed by atoms with Gasteiger partial charge in [0, 0.05) is 30.1 Å². The van der Waals surface area contributed by atoms with E-state index in [4.69, 9.17) is 0 Å². The van der Waals surface area contributed by atoms with E-state index in [2.05, 4.69) is 9.05 Å². The average Bonchev–Trinajstić information content (AvgIpc) is 1.84. The molecule has 0 N–H and O–H groups in total. The fraction of sp³-hybridized carbons (Fsp3) is 1.00. The molecule has 10 heavy (non-hydrogen) atoms. The molecule has 7 heteroatoms. The van der Waals surface area contributed by atoms with Crippen LogP contribution in [0.3, 0.4) is 0 Å². The Balaban J connectivity index is 4.51. The van der Waals surface area contributed by atoms with E-state index in [0.717, 1.165) is 14.2 Å². The second-order valence-electron chi connectivity index (χ2n) is 1.33. The Morgan fingerprint density at radius 1 is 1.40 bits per heavy atom. The molecule has 3 nitrogen and oxygen atoms in total. The van der Waals surface area contributed by atoms with E-state index in [1.807, 2.05) is 15.9 Å². The first-order valence-corrected chi connectivity index (χ1v) is 4.49. The molecule has 0 amide bonds. The maximum atomic E-state index is 12.2. The van der Waals surface area contributed by atoms with Crippen molar-refractivity contribution in [3.63, 3.8) is 0 Å². The Bertz CT molecular complexity index is 148. The molecule has 0 rings (SSSR count). The predicted molar refractivity (Wildman–Crippen MR) is 35.5 cm³/mol. The van der Waals surface area contributed by atoms with Crippen LogP contribution in [-0.4, -0.2) is 18.8 Å². The minimum absolute atomic E-state index is 0.888. The molecule has 0 atom stereocenters. The molecule has 0 radical (unpaired) electrons. The molecule has 0 heterocycles. The molecular weight excluding hydrogens is 233 g/mol. The first-order chi connectivity index (χ1) is 4.37. The van der Waals surface area contributed by atoms with E-state index in [1.54, 1.807) is 0 Å². The third-order valence-corrected chi connectivity index (χ3v) is 3.68. The summed E-state index contributed by atoms with van der Waals surface area (Å²) in [5.41, 5.74) is 0. The third-order valence-electron chi connectivity index (χ3n) is 0.791. The van der Waals surface area contributed by atoms with Crippen molar-refractivity contribution in [1.82, 2.24) is 0 Å². The minimum Gasteiger partial charge on any atom is -0.307 e. The summed E-state index contributed by atoms with van der Waals surface area (Å²) in [5.74, 6) is 0. The van der Waals surface area contributed by atoms with E-state index < -0.39 is 12.2 Å². The average molecular weight is 239 g/mol. The van der Waals surface area contributed by atoms with E-state index in [0.29, 0.717) is 0 Å². The van der Waals surface area contributed by atoms with Crippen molar-refractivity contribution in [2.75, 3.05) is 14.2 Å². The van der Waals surface area contributed by atoms with Crippen molar-refractivity contribution in [3.8, 4) is 0 Å². The first-order valence-electron chi connectivity index (χ1n) is 2.15. The second-order valence-corrected chi connectivity index (χ2v) is 5.23. The Hall–Kier alpha value is 0.490. The zero-order chi connectivity index (χ0) is 8.41. The van der Waals surface area contributed by atoms with Crippen molar-refractivity contribution in [2.24, 2.45) is 0 Å². The maximum Gasteiger partial charge on any atom is 0.410 e. The van der Waals surface area contributed by atoms with E-state index >= 15 is 0 Å². The smallest absolute Gasteiger partial charge is 0.307 e. The van der Waals surface area contributed by atoms with Gasteiger partial charge in [-0.25, -0.2) is 0 Å². The maximum absolute atomic E-state index is 12.2. The Kier molecular flexibility index (Phi) is 3.42. The van der Waals surface area contributed by atoms with Gasteiger partial charge in [-0.05, 0) is 0 Å². The quantitative estimate of drug-likeness (QED) is 0.560. The lowest BCUT2D eigenvalue weighted by molar-refractivity contribution is 0.136. The Labute approximate surface area is 65.4 Å². The van der Waals surface area contributed by atoms with Crippen molar-refractivity contribution < 1.29 is 22.4 Å². The van der Waals surface area contributed by atoms with Crippen LogP contribution in [0.4, 0.5) is 8.78 Å². The molecule has 0 aliphatic rings. The van der Waals surface area contributed by atoms with E-state index in [9.17, 15) is 13.3 Å². The normalized spacial score (nSPS) is 13.7. The number of halogens is 3. The topological polar surface area (TPSA) is 35.5 Å². The van der Waals surface area contributed by atoms with Crippen LogP contribution >= 0.6 is 23.5 Å². The highest BCUT2D eigenvalue weighted by atomic mass is 79.9. The summed E-state index contributed by atoms with van der Waals surface area (Å²) in [5, 5.41) is 0. The molecule has 0 bridgehead atoms. The molecule has 0 aliphatic heterocycles. The van der Waals surface area contributed by atoms with Crippen molar-refractivity contribution in [2.45, 2.75) is 4.57 Å². The highest BCUT2D eigenvalue weighted by Crippen LogP contribution is 2.63. The van der Waals surface area contributed by atoms with Crippen LogP contribution in [0, 0.1) is 0 Å². The first kappa shape index (κ1) is 10.5. The van der Waals surface area contributed by atoms with Gasteiger partial charge in [-0.15, -0.1) is 0 Å². The van der Waals surface area contributed by atoms with Gasteiger partial charge in [0.15, 0.2) is 0 Å². The van der Waals surface area contributed by atoms with Crippen molar-refractivity contribution in [3.05, 3.63) is 0 Å². The summed E-state index contributed by atoms with van der Waals surface area (Å²) in [4.78, 5) is 0. The van der Waals surface area contributed by atoms with Crippen molar-refractivity contribution in [1.29, 1.82) is 0 Å². The lowest BCUT2D eigenvalue weighted by Gasteiger charge is -2.17. The number of hydrogen-bond donors (Lipinski definition) is 0. The van der Waals surface area contributed by atoms with Gasteiger partial charge in [0.25, 0.3) is 0 Å². The summed E-state index contributed by atoms with van der Waals surface area (Å²) in [6, 6.07) is 0. The summed E-state index contributed by atoms with van der Waals surface area (Å²) in [6.07, 6.45) is 0. The third kappa shape index (κ3) is 1.99. The Morgan fingerprint density at radius 3 is 1.70 bits per heavy atom. The van der Waals surface area contributed by atoms with Crippen molar-refractivity contribution >= 4 is 23.5 Å². The highest BCUT2D eigenvalue weighted by Gasteiger charge is 2.50. The summed E-state index contributed by atoms with van der Waals surface area (Å²) in [6.45, 7) is 0. The van der Waals surface area contributed by atoms with E-state index in [-0.39, 0.29) is 0 Å². The fourth-order valence-electron chi connectivity index (χ4n) is 0.282. The van der Waals surface area contributed by atoms with Gasteiger partial charge in [-0.3, -0.25) is 4.57 Å². The standard InChI is InChI=1S/C3H6BrF2O3P/c1-8-10(7,9-2)3(4,5)6/h1-2H3. The largest absolute Gasteiger partial charge is 0.410 e. The Morgan fingerprint density at radius 2 is 1.70 bits per heavy atom. The SMILES string of the molecule is COP(=O)(OC)C(F)(F)Br. The molecule has 0 spiro atoms. The van der Waals surface area contributed by atoms with Crippen LogP contribution in [0.15, 0.2) is 0 Å². The lowest BCUT2D eigenvalue weighted by atomic mass is 11.7. The molecule has 0 fully saturated rings. The van der Waals surface area contributed by atoms with Crippen LogP contribution in [-0.2, 0) is 13.6 Å². The van der Waals surface area contributed by atoms with Crippen LogP contribution in [0.1, 0.15) is 0 Å². The molecule has 0 aliphatic carbocycles. The molecule has 0 saturated heterocycles. The molecule has 62 valence electrons. The second kappa shape index (κ2) is 3.26. The number of hydrogen-bond acceptors (Lipinski definition) is 3. The number of alkyl halides is 3. The summed E-state index contributed by atoms with van der Waals surface area (Å²) in [7, 11) is -2.50. The van der Waals surface area contributed by atoms with Gasteiger partial charge in [-0.2, -0.15) is 8.78 Å². The molecule has 0 aromatic carbocycles. The van der Waals surface area contributed by atoms with Gasteiger partial charge in [0.05, 0.1) is 0 Å². The van der Waals surface area contributed by atoms with Crippen LogP contribution < -0.4 is 0 Å². The lowest BCUT2D eigenvalue weighted by Crippen LogP contribution is -2.08. The predicted octanol–water partition coefficient (Wildman–Crippen LogP) is 2.42. The van der Waals surface area contributed by atoms with Gasteiger partial charge >= 0.3 is 12.2 Å². The van der Waals surface area contributed by atoms with Crippen LogP contribution in [0.5, 0.6) is 0 Å². The molecule has 0 unspecified atom stereocenters. The fourth-order valence-corrected chi connectivity index (χ4v) is 1.71. The summed E-state index contributed by atoms with van der Waals surface area (Å²) < 4.78 is 39.4. The molecule has 0 saturated carbocycles. The van der Waals surface area contributed by atoms with Gasteiger partial charge in [-0.1, -0.05) is 0 Å². The van der Waals surface area contributed by atoms with Gasteiger partial charge in [0.2, 0.25) is 0 Å². The van der Waals surface area contributed by atoms with Crippen LogP contribution in [0.2, 0.25) is 0 Å². The zero-order valence-electron chi connectivity index (χ0n) is 5.31. The molecular formula is C3H6BrF2O3P.